The fraction of sp³-hybridized carbons (Fsp3) is 0.400. The van der Waals surface area contributed by atoms with Crippen molar-refractivity contribution in [3.63, 3.8) is 0 Å². The van der Waals surface area contributed by atoms with Crippen LogP contribution in [-0.2, 0) is 23.6 Å². The van der Waals surface area contributed by atoms with Gasteiger partial charge in [0.25, 0.3) is 10.0 Å². The molecule has 3 rings (SSSR count). The van der Waals surface area contributed by atoms with E-state index in [1.54, 1.807) is 11.6 Å². The van der Waals surface area contributed by atoms with Gasteiger partial charge in [0.05, 0.1) is 11.8 Å². The maximum absolute atomic E-state index is 12.3. The summed E-state index contributed by atoms with van der Waals surface area (Å²) in [5, 5.41) is 0.00248. The molecule has 0 bridgehead atoms. The molecule has 25 heavy (non-hydrogen) atoms. The Hall–Kier alpha value is -2.46. The van der Waals surface area contributed by atoms with Gasteiger partial charge in [0.2, 0.25) is 0 Å². The van der Waals surface area contributed by atoms with Crippen molar-refractivity contribution in [1.29, 1.82) is 0 Å². The van der Waals surface area contributed by atoms with Crippen LogP contribution in [-0.4, -0.2) is 39.0 Å². The van der Waals surface area contributed by atoms with Gasteiger partial charge in [0.1, 0.15) is 11.3 Å². The predicted octanol–water partition coefficient (Wildman–Crippen LogP) is 0.651. The number of anilines is 1. The molecule has 10 heteroatoms. The molecule has 0 aliphatic rings. The number of nitrogens with two attached hydrogens (primary N) is 1. The number of hydrogen-bond donors (Lipinski definition) is 2. The van der Waals surface area contributed by atoms with Crippen molar-refractivity contribution in [1.82, 2.24) is 28.8 Å². The molecule has 0 saturated heterocycles. The van der Waals surface area contributed by atoms with Crippen LogP contribution in [0.4, 0.5) is 5.82 Å². The van der Waals surface area contributed by atoms with Crippen LogP contribution >= 0.6 is 0 Å². The van der Waals surface area contributed by atoms with Gasteiger partial charge < -0.3 is 14.9 Å². The largest absolute Gasteiger partial charge is 0.382 e. The second-order valence-corrected chi connectivity index (χ2v) is 7.70. The van der Waals surface area contributed by atoms with E-state index in [1.165, 1.54) is 12.5 Å². The predicted molar refractivity (Wildman–Crippen MR) is 94.5 cm³/mol. The van der Waals surface area contributed by atoms with E-state index >= 15 is 0 Å². The number of rotatable bonds is 5. The number of aromatic nitrogens is 5. The molecule has 134 valence electrons. The van der Waals surface area contributed by atoms with Crippen LogP contribution in [0.25, 0.3) is 11.0 Å². The van der Waals surface area contributed by atoms with Gasteiger partial charge >= 0.3 is 0 Å². The van der Waals surface area contributed by atoms with E-state index in [4.69, 9.17) is 5.73 Å². The van der Waals surface area contributed by atoms with Crippen LogP contribution in [0.5, 0.6) is 0 Å². The molecule has 3 aromatic rings. The van der Waals surface area contributed by atoms with Gasteiger partial charge in [-0.1, -0.05) is 0 Å². The normalized spacial score (nSPS) is 12.2. The van der Waals surface area contributed by atoms with Gasteiger partial charge in [-0.2, -0.15) is 0 Å². The number of pyridine rings is 1. The number of sulfonamides is 1. The lowest BCUT2D eigenvalue weighted by Gasteiger charge is -2.11. The Balaban J connectivity index is 1.86. The van der Waals surface area contributed by atoms with Gasteiger partial charge in [0.15, 0.2) is 10.8 Å². The number of hydrogen-bond acceptors (Lipinski definition) is 6. The van der Waals surface area contributed by atoms with Crippen molar-refractivity contribution in [2.24, 2.45) is 7.05 Å². The average Bonchev–Trinajstić information content (AvgIpc) is 3.10. The monoisotopic (exact) mass is 363 g/mol. The molecule has 9 nitrogen and oxygen atoms in total. The van der Waals surface area contributed by atoms with E-state index in [0.717, 1.165) is 22.6 Å². The molecule has 3 heterocycles. The molecule has 0 aromatic carbocycles. The van der Waals surface area contributed by atoms with Gasteiger partial charge in [-0.25, -0.2) is 28.1 Å². The van der Waals surface area contributed by atoms with E-state index in [-0.39, 0.29) is 11.6 Å². The smallest absolute Gasteiger partial charge is 0.259 e. The second kappa shape index (κ2) is 6.12. The second-order valence-electron chi connectivity index (χ2n) is 5.99. The van der Waals surface area contributed by atoms with Crippen LogP contribution in [0, 0.1) is 20.8 Å². The maximum atomic E-state index is 12.3. The molecule has 0 fully saturated rings. The van der Waals surface area contributed by atoms with E-state index in [0.29, 0.717) is 17.9 Å². The molecule has 0 spiro atoms. The van der Waals surface area contributed by atoms with E-state index < -0.39 is 10.0 Å². The lowest BCUT2D eigenvalue weighted by molar-refractivity contribution is 0.569. The summed E-state index contributed by atoms with van der Waals surface area (Å²) in [6, 6.07) is 0. The van der Waals surface area contributed by atoms with E-state index in [2.05, 4.69) is 19.7 Å². The van der Waals surface area contributed by atoms with Crippen LogP contribution < -0.4 is 10.5 Å². The molecule has 0 aliphatic heterocycles. The van der Waals surface area contributed by atoms with Gasteiger partial charge in [0, 0.05) is 32.0 Å². The first kappa shape index (κ1) is 17.4. The van der Waals surface area contributed by atoms with Gasteiger partial charge in [-0.3, -0.25) is 0 Å². The Morgan fingerprint density at radius 2 is 1.96 bits per heavy atom. The summed E-state index contributed by atoms with van der Waals surface area (Å²) in [6.45, 7) is 6.35. The minimum Gasteiger partial charge on any atom is -0.382 e. The number of aryl methyl sites for hydroxylation is 4. The van der Waals surface area contributed by atoms with Crippen LogP contribution in [0.15, 0.2) is 17.6 Å². The highest BCUT2D eigenvalue weighted by Gasteiger charge is 2.18. The number of nitrogens with zero attached hydrogens (tertiary/aromatic N) is 5. The number of fused-ring (bicyclic) bond motifs is 1. The molecule has 3 aromatic heterocycles. The fourth-order valence-corrected chi connectivity index (χ4v) is 3.78. The third-order valence-corrected chi connectivity index (χ3v) is 5.52. The highest BCUT2D eigenvalue weighted by Crippen LogP contribution is 2.25. The first-order valence-corrected chi connectivity index (χ1v) is 9.26. The SMILES string of the molecule is Cc1nc(N)c2nc(C)n(CCNS(=O)(=O)c3cn(C)cn3)c2c1C. The Bertz CT molecular complexity index is 1050. The van der Waals surface area contributed by atoms with Crippen molar-refractivity contribution < 1.29 is 8.42 Å². The number of nitrogens with one attached hydrogen (secondary N) is 1. The Morgan fingerprint density at radius 3 is 2.60 bits per heavy atom. The molecular weight excluding hydrogens is 342 g/mol. The standard InChI is InChI=1S/C15H21N7O2S/c1-9-10(2)19-15(16)13-14(9)22(11(3)20-13)6-5-18-25(23,24)12-7-21(4)8-17-12/h7-8,18H,5-6H2,1-4H3,(H2,16,19). The summed E-state index contributed by atoms with van der Waals surface area (Å²) in [6.07, 6.45) is 2.91. The summed E-state index contributed by atoms with van der Waals surface area (Å²) in [5.41, 5.74) is 9.33. The lowest BCUT2D eigenvalue weighted by Crippen LogP contribution is -2.28. The Labute approximate surface area is 146 Å². The van der Waals surface area contributed by atoms with Crippen LogP contribution in [0.2, 0.25) is 0 Å². The van der Waals surface area contributed by atoms with E-state index in [1.807, 2.05) is 25.3 Å². The zero-order valence-corrected chi connectivity index (χ0v) is 15.4. The fourth-order valence-electron chi connectivity index (χ4n) is 2.78. The first-order chi connectivity index (χ1) is 11.7. The van der Waals surface area contributed by atoms with E-state index in [9.17, 15) is 8.42 Å². The molecule has 3 N–H and O–H groups in total. The molecule has 0 atom stereocenters. The molecular formula is C15H21N7O2S. The van der Waals surface area contributed by atoms with Crippen molar-refractivity contribution >= 4 is 26.9 Å². The molecule has 0 radical (unpaired) electrons. The molecule has 0 amide bonds. The number of nitrogen functional groups attached to an aromatic ring is 1. The molecule has 0 saturated carbocycles. The lowest BCUT2D eigenvalue weighted by atomic mass is 10.2. The maximum Gasteiger partial charge on any atom is 0.259 e. The quantitative estimate of drug-likeness (QED) is 0.686. The Kier molecular flexibility index (Phi) is 4.25. The van der Waals surface area contributed by atoms with Crippen molar-refractivity contribution in [2.75, 3.05) is 12.3 Å². The highest BCUT2D eigenvalue weighted by atomic mass is 32.2. The third-order valence-electron chi connectivity index (χ3n) is 4.17. The Morgan fingerprint density at radius 1 is 1.24 bits per heavy atom. The van der Waals surface area contributed by atoms with Crippen molar-refractivity contribution in [2.45, 2.75) is 32.3 Å². The van der Waals surface area contributed by atoms with Crippen molar-refractivity contribution in [3.8, 4) is 0 Å². The molecule has 0 aliphatic carbocycles. The van der Waals surface area contributed by atoms with Gasteiger partial charge in [-0.05, 0) is 26.3 Å². The van der Waals surface area contributed by atoms with Crippen LogP contribution in [0.3, 0.4) is 0 Å². The zero-order valence-electron chi connectivity index (χ0n) is 14.6. The summed E-state index contributed by atoms with van der Waals surface area (Å²) in [4.78, 5) is 12.6. The summed E-state index contributed by atoms with van der Waals surface area (Å²) in [7, 11) is -1.92. The number of imidazole rings is 2. The average molecular weight is 363 g/mol. The van der Waals surface area contributed by atoms with Crippen molar-refractivity contribution in [3.05, 3.63) is 29.6 Å². The summed E-state index contributed by atoms with van der Waals surface area (Å²) in [5.74, 6) is 1.14. The minimum absolute atomic E-state index is 0.00248. The zero-order chi connectivity index (χ0) is 18.4. The molecule has 0 unspecified atom stereocenters. The summed E-state index contributed by atoms with van der Waals surface area (Å²) < 4.78 is 30.6. The minimum atomic E-state index is -3.64. The first-order valence-electron chi connectivity index (χ1n) is 7.78. The van der Waals surface area contributed by atoms with Gasteiger partial charge in [-0.15, -0.1) is 0 Å². The summed E-state index contributed by atoms with van der Waals surface area (Å²) >= 11 is 0. The third kappa shape index (κ3) is 3.10. The topological polar surface area (TPSA) is 121 Å². The highest BCUT2D eigenvalue weighted by molar-refractivity contribution is 7.89. The van der Waals surface area contributed by atoms with Crippen LogP contribution in [0.1, 0.15) is 17.1 Å².